The number of carbonyl (C=O) groups excluding carboxylic acids is 3. The quantitative estimate of drug-likeness (QED) is 0.322. The first-order valence-electron chi connectivity index (χ1n) is 9.71. The van der Waals surface area contributed by atoms with Crippen LogP contribution in [-0.4, -0.2) is 44.2 Å². The van der Waals surface area contributed by atoms with Crippen LogP contribution >= 0.6 is 0 Å². The molecule has 0 fully saturated rings. The highest BCUT2D eigenvalue weighted by Gasteiger charge is 2.11. The van der Waals surface area contributed by atoms with Gasteiger partial charge in [0.05, 0.1) is 13.3 Å². The molecule has 2 aromatic rings. The van der Waals surface area contributed by atoms with Crippen LogP contribution in [0.2, 0.25) is 0 Å². The Morgan fingerprint density at radius 1 is 1.03 bits per heavy atom. The van der Waals surface area contributed by atoms with Crippen molar-refractivity contribution < 1.29 is 23.9 Å². The number of amides is 3. The lowest BCUT2D eigenvalue weighted by atomic mass is 10.2. The van der Waals surface area contributed by atoms with Crippen molar-refractivity contribution in [2.24, 2.45) is 5.10 Å². The van der Waals surface area contributed by atoms with E-state index in [1.165, 1.54) is 13.3 Å². The fourth-order valence-electron chi connectivity index (χ4n) is 2.40. The zero-order chi connectivity index (χ0) is 22.6. The van der Waals surface area contributed by atoms with E-state index in [0.29, 0.717) is 29.3 Å². The monoisotopic (exact) mass is 426 g/mol. The number of hydrogen-bond donors (Lipinski definition) is 3. The van der Waals surface area contributed by atoms with E-state index in [4.69, 9.17) is 9.47 Å². The number of nitrogens with zero attached hydrogens (tertiary/aromatic N) is 1. The Bertz CT molecular complexity index is 941. The fraction of sp³-hybridized carbons (Fsp3) is 0.273. The molecule has 0 unspecified atom stereocenters. The number of ether oxygens (including phenoxy) is 2. The van der Waals surface area contributed by atoms with Gasteiger partial charge in [0.15, 0.2) is 18.1 Å². The van der Waals surface area contributed by atoms with Crippen LogP contribution in [0, 0.1) is 6.92 Å². The van der Waals surface area contributed by atoms with Crippen LogP contribution in [0.1, 0.15) is 24.5 Å². The number of benzene rings is 2. The molecule has 3 N–H and O–H groups in total. The summed E-state index contributed by atoms with van der Waals surface area (Å²) in [6.45, 7) is 4.07. The van der Waals surface area contributed by atoms with E-state index in [0.717, 1.165) is 12.0 Å². The zero-order valence-electron chi connectivity index (χ0n) is 17.7. The second kappa shape index (κ2) is 12.0. The van der Waals surface area contributed by atoms with Gasteiger partial charge in [-0.3, -0.25) is 14.4 Å². The van der Waals surface area contributed by atoms with Gasteiger partial charge in [-0.2, -0.15) is 5.10 Å². The standard InChI is InChI=1S/C22H26N4O5/c1-4-11-23-21(28)22(29)26-24-13-16-7-10-18(19(12-16)30-3)31-14-20(27)25-17-8-5-15(2)6-9-17/h5-10,12-13H,4,11,14H2,1-3H3,(H,23,28)(H,25,27)(H,26,29)/b24-13-. The molecule has 0 aliphatic heterocycles. The van der Waals surface area contributed by atoms with Crippen molar-refractivity contribution in [3.05, 3.63) is 53.6 Å². The second-order valence-electron chi connectivity index (χ2n) is 6.57. The lowest BCUT2D eigenvalue weighted by Gasteiger charge is -2.11. The normalized spacial score (nSPS) is 10.4. The molecule has 0 aliphatic carbocycles. The van der Waals surface area contributed by atoms with E-state index in [9.17, 15) is 14.4 Å². The number of carbonyl (C=O) groups is 3. The number of methoxy groups -OCH3 is 1. The molecule has 0 aromatic heterocycles. The molecule has 2 rings (SSSR count). The summed E-state index contributed by atoms with van der Waals surface area (Å²) < 4.78 is 10.8. The third-order valence-corrected chi connectivity index (χ3v) is 4.00. The predicted octanol–water partition coefficient (Wildman–Crippen LogP) is 2.00. The van der Waals surface area contributed by atoms with Crippen LogP contribution in [0.25, 0.3) is 0 Å². The maximum atomic E-state index is 12.1. The summed E-state index contributed by atoms with van der Waals surface area (Å²) in [6, 6.07) is 12.3. The van der Waals surface area contributed by atoms with E-state index in [-0.39, 0.29) is 12.5 Å². The summed E-state index contributed by atoms with van der Waals surface area (Å²) in [5, 5.41) is 8.96. The van der Waals surface area contributed by atoms with Crippen LogP contribution in [-0.2, 0) is 14.4 Å². The van der Waals surface area contributed by atoms with Crippen molar-refractivity contribution in [3.63, 3.8) is 0 Å². The van der Waals surface area contributed by atoms with Crippen LogP contribution in [0.3, 0.4) is 0 Å². The molecule has 31 heavy (non-hydrogen) atoms. The summed E-state index contributed by atoms with van der Waals surface area (Å²) in [5.41, 5.74) is 4.53. The number of rotatable bonds is 9. The molecule has 3 amide bonds. The zero-order valence-corrected chi connectivity index (χ0v) is 17.7. The van der Waals surface area contributed by atoms with Gasteiger partial charge in [0, 0.05) is 12.2 Å². The van der Waals surface area contributed by atoms with Crippen LogP contribution in [0.15, 0.2) is 47.6 Å². The summed E-state index contributed by atoms with van der Waals surface area (Å²) in [7, 11) is 1.47. The van der Waals surface area contributed by atoms with Gasteiger partial charge < -0.3 is 20.1 Å². The number of nitrogens with one attached hydrogen (secondary N) is 3. The number of anilines is 1. The lowest BCUT2D eigenvalue weighted by molar-refractivity contribution is -0.139. The highest BCUT2D eigenvalue weighted by Crippen LogP contribution is 2.27. The minimum absolute atomic E-state index is 0.194. The molecule has 164 valence electrons. The van der Waals surface area contributed by atoms with Gasteiger partial charge in [-0.15, -0.1) is 0 Å². The Morgan fingerprint density at radius 3 is 2.45 bits per heavy atom. The number of aryl methyl sites for hydroxylation is 1. The van der Waals surface area contributed by atoms with Gasteiger partial charge in [0.2, 0.25) is 0 Å². The van der Waals surface area contributed by atoms with Crippen molar-refractivity contribution in [1.29, 1.82) is 0 Å². The summed E-state index contributed by atoms with van der Waals surface area (Å²) in [6.07, 6.45) is 2.09. The molecule has 0 radical (unpaired) electrons. The molecule has 0 bridgehead atoms. The third kappa shape index (κ3) is 7.81. The van der Waals surface area contributed by atoms with Crippen LogP contribution in [0.4, 0.5) is 5.69 Å². The van der Waals surface area contributed by atoms with Gasteiger partial charge in [-0.25, -0.2) is 5.43 Å². The fourth-order valence-corrected chi connectivity index (χ4v) is 2.40. The molecule has 2 aromatic carbocycles. The highest BCUT2D eigenvalue weighted by molar-refractivity contribution is 6.35. The van der Waals surface area contributed by atoms with Crippen molar-refractivity contribution in [1.82, 2.24) is 10.7 Å². The molecular weight excluding hydrogens is 400 g/mol. The van der Waals surface area contributed by atoms with Crippen molar-refractivity contribution >= 4 is 29.6 Å². The van der Waals surface area contributed by atoms with Gasteiger partial charge in [-0.1, -0.05) is 24.6 Å². The summed E-state index contributed by atoms with van der Waals surface area (Å²) >= 11 is 0. The predicted molar refractivity (Wildman–Crippen MR) is 117 cm³/mol. The van der Waals surface area contributed by atoms with Gasteiger partial charge in [0.25, 0.3) is 5.91 Å². The smallest absolute Gasteiger partial charge is 0.329 e. The first-order chi connectivity index (χ1) is 14.9. The Kier molecular flexibility index (Phi) is 9.03. The molecule has 0 saturated heterocycles. The van der Waals surface area contributed by atoms with Crippen molar-refractivity contribution in [2.75, 3.05) is 25.6 Å². The highest BCUT2D eigenvalue weighted by atomic mass is 16.5. The Balaban J connectivity index is 1.90. The number of hydrazone groups is 1. The van der Waals surface area contributed by atoms with Crippen LogP contribution < -0.4 is 25.5 Å². The van der Waals surface area contributed by atoms with Gasteiger partial charge >= 0.3 is 11.8 Å². The van der Waals surface area contributed by atoms with E-state index in [2.05, 4.69) is 21.2 Å². The van der Waals surface area contributed by atoms with E-state index in [1.807, 2.05) is 38.1 Å². The minimum atomic E-state index is -0.851. The minimum Gasteiger partial charge on any atom is -0.493 e. The Labute approximate surface area is 180 Å². The molecule has 0 aliphatic rings. The average molecular weight is 426 g/mol. The Morgan fingerprint density at radius 2 is 1.77 bits per heavy atom. The second-order valence-corrected chi connectivity index (χ2v) is 6.57. The largest absolute Gasteiger partial charge is 0.493 e. The summed E-state index contributed by atoms with van der Waals surface area (Å²) in [5.74, 6) is -1.14. The maximum absolute atomic E-state index is 12.1. The van der Waals surface area contributed by atoms with Crippen molar-refractivity contribution in [2.45, 2.75) is 20.3 Å². The first kappa shape index (κ1) is 23.4. The molecular formula is C22H26N4O5. The number of hydrogen-bond acceptors (Lipinski definition) is 6. The molecule has 9 heteroatoms. The van der Waals surface area contributed by atoms with E-state index in [1.54, 1.807) is 18.2 Å². The average Bonchev–Trinajstić information content (AvgIpc) is 2.77. The molecule has 0 spiro atoms. The van der Waals surface area contributed by atoms with Crippen molar-refractivity contribution in [3.8, 4) is 11.5 Å². The molecule has 0 atom stereocenters. The summed E-state index contributed by atoms with van der Waals surface area (Å²) in [4.78, 5) is 35.2. The maximum Gasteiger partial charge on any atom is 0.329 e. The van der Waals surface area contributed by atoms with Crippen LogP contribution in [0.5, 0.6) is 11.5 Å². The Hall–Kier alpha value is -3.88. The lowest BCUT2D eigenvalue weighted by Crippen LogP contribution is -2.38. The van der Waals surface area contributed by atoms with E-state index >= 15 is 0 Å². The third-order valence-electron chi connectivity index (χ3n) is 4.00. The van der Waals surface area contributed by atoms with Gasteiger partial charge in [0.1, 0.15) is 0 Å². The topological polar surface area (TPSA) is 118 Å². The molecule has 0 saturated carbocycles. The first-order valence-corrected chi connectivity index (χ1v) is 9.71. The molecule has 0 heterocycles. The molecule has 9 nitrogen and oxygen atoms in total. The van der Waals surface area contributed by atoms with E-state index < -0.39 is 11.8 Å². The SMILES string of the molecule is CCCNC(=O)C(=O)N/N=C\c1ccc(OCC(=O)Nc2ccc(C)cc2)c(OC)c1. The van der Waals surface area contributed by atoms with Gasteiger partial charge in [-0.05, 0) is 49.2 Å².